The van der Waals surface area contributed by atoms with E-state index in [0.29, 0.717) is 22.8 Å². The fraction of sp³-hybridized carbons (Fsp3) is 0.263. The van der Waals surface area contributed by atoms with Gasteiger partial charge in [0, 0.05) is 22.8 Å². The summed E-state index contributed by atoms with van der Waals surface area (Å²) < 4.78 is 0. The van der Waals surface area contributed by atoms with Crippen molar-refractivity contribution in [2.24, 2.45) is 0 Å². The first-order valence-electron chi connectivity index (χ1n) is 7.73. The van der Waals surface area contributed by atoms with E-state index in [2.05, 4.69) is 5.32 Å². The summed E-state index contributed by atoms with van der Waals surface area (Å²) in [5.74, 6) is -0.155. The second-order valence-electron chi connectivity index (χ2n) is 5.85. The number of carbonyl (C=O) groups is 2. The van der Waals surface area contributed by atoms with Crippen LogP contribution in [0.3, 0.4) is 0 Å². The molecular formula is C19H21ClN2O2. The summed E-state index contributed by atoms with van der Waals surface area (Å²) in [4.78, 5) is 25.8. The van der Waals surface area contributed by atoms with Crippen molar-refractivity contribution in [1.29, 1.82) is 0 Å². The van der Waals surface area contributed by atoms with Crippen LogP contribution in [0.5, 0.6) is 0 Å². The van der Waals surface area contributed by atoms with Crippen molar-refractivity contribution in [3.63, 3.8) is 0 Å². The Morgan fingerprint density at radius 3 is 2.54 bits per heavy atom. The molecule has 0 fully saturated rings. The van der Waals surface area contributed by atoms with E-state index in [9.17, 15) is 9.59 Å². The van der Waals surface area contributed by atoms with Crippen LogP contribution in [-0.2, 0) is 11.3 Å². The zero-order chi connectivity index (χ0) is 17.7. The Morgan fingerprint density at radius 1 is 1.17 bits per heavy atom. The average molecular weight is 345 g/mol. The van der Waals surface area contributed by atoms with Crippen molar-refractivity contribution >= 4 is 29.0 Å². The van der Waals surface area contributed by atoms with Gasteiger partial charge in [-0.15, -0.1) is 0 Å². The van der Waals surface area contributed by atoms with Crippen LogP contribution in [0.1, 0.15) is 29.8 Å². The van der Waals surface area contributed by atoms with Gasteiger partial charge in [0.2, 0.25) is 5.91 Å². The Morgan fingerprint density at radius 2 is 1.88 bits per heavy atom. The fourth-order valence-electron chi connectivity index (χ4n) is 2.32. The number of benzene rings is 2. The number of hydrogen-bond acceptors (Lipinski definition) is 3. The van der Waals surface area contributed by atoms with Crippen LogP contribution >= 0.6 is 11.6 Å². The molecule has 0 heterocycles. The van der Waals surface area contributed by atoms with E-state index in [1.807, 2.05) is 43.1 Å². The van der Waals surface area contributed by atoms with Gasteiger partial charge >= 0.3 is 0 Å². The fourth-order valence-corrected chi connectivity index (χ4v) is 2.54. The van der Waals surface area contributed by atoms with Crippen molar-refractivity contribution in [2.75, 3.05) is 12.4 Å². The highest BCUT2D eigenvalue weighted by atomic mass is 35.5. The molecule has 1 amide bonds. The summed E-state index contributed by atoms with van der Waals surface area (Å²) >= 11 is 5.99. The first kappa shape index (κ1) is 18.2. The largest absolute Gasteiger partial charge is 0.325 e. The van der Waals surface area contributed by atoms with E-state index in [0.717, 1.165) is 5.56 Å². The number of anilines is 1. The lowest BCUT2D eigenvalue weighted by molar-refractivity contribution is -0.120. The molecule has 2 rings (SSSR count). The monoisotopic (exact) mass is 344 g/mol. The molecule has 0 aliphatic heterocycles. The summed E-state index contributed by atoms with van der Waals surface area (Å²) in [7, 11) is 1.89. The lowest BCUT2D eigenvalue weighted by atomic mass is 10.1. The van der Waals surface area contributed by atoms with Crippen molar-refractivity contribution in [2.45, 2.75) is 26.4 Å². The van der Waals surface area contributed by atoms with Gasteiger partial charge in [-0.1, -0.05) is 35.9 Å². The average Bonchev–Trinajstić information content (AvgIpc) is 2.54. The third-order valence-corrected chi connectivity index (χ3v) is 4.13. The molecule has 0 spiro atoms. The van der Waals surface area contributed by atoms with E-state index in [1.165, 1.54) is 6.92 Å². The lowest BCUT2D eigenvalue weighted by Gasteiger charge is -2.24. The third kappa shape index (κ3) is 4.91. The molecule has 2 aromatic carbocycles. The Balaban J connectivity index is 2.00. The molecular weight excluding hydrogens is 324 g/mol. The molecule has 0 bridgehead atoms. The van der Waals surface area contributed by atoms with E-state index >= 15 is 0 Å². The lowest BCUT2D eigenvalue weighted by Crippen LogP contribution is -2.39. The molecule has 0 saturated heterocycles. The van der Waals surface area contributed by atoms with Crippen molar-refractivity contribution in [1.82, 2.24) is 4.90 Å². The molecule has 1 atom stereocenters. The minimum atomic E-state index is -0.329. The molecule has 0 aliphatic rings. The van der Waals surface area contributed by atoms with E-state index in [-0.39, 0.29) is 17.7 Å². The van der Waals surface area contributed by atoms with Crippen LogP contribution in [0.15, 0.2) is 48.5 Å². The topological polar surface area (TPSA) is 49.4 Å². The normalized spacial score (nSPS) is 12.0. The van der Waals surface area contributed by atoms with Crippen molar-refractivity contribution in [3.8, 4) is 0 Å². The molecule has 4 nitrogen and oxygen atoms in total. The van der Waals surface area contributed by atoms with Gasteiger partial charge in [-0.25, -0.2) is 0 Å². The molecule has 126 valence electrons. The first-order chi connectivity index (χ1) is 11.4. The van der Waals surface area contributed by atoms with Crippen LogP contribution in [0.25, 0.3) is 0 Å². The summed E-state index contributed by atoms with van der Waals surface area (Å²) in [5, 5.41) is 3.54. The van der Waals surface area contributed by atoms with E-state index in [1.54, 1.807) is 24.3 Å². The molecule has 0 aromatic heterocycles. The zero-order valence-electron chi connectivity index (χ0n) is 14.0. The number of amides is 1. The van der Waals surface area contributed by atoms with Gasteiger partial charge in [-0.05, 0) is 50.7 Å². The Kier molecular flexibility index (Phi) is 6.12. The number of hydrogen-bond donors (Lipinski definition) is 1. The van der Waals surface area contributed by atoms with Crippen LogP contribution in [-0.4, -0.2) is 29.7 Å². The number of likely N-dealkylation sites (N-methyl/N-ethyl adjacent to an activating group) is 1. The first-order valence-corrected chi connectivity index (χ1v) is 8.11. The maximum atomic E-state index is 12.4. The molecule has 24 heavy (non-hydrogen) atoms. The summed E-state index contributed by atoms with van der Waals surface area (Å²) in [6.45, 7) is 3.96. The molecule has 0 saturated carbocycles. The highest BCUT2D eigenvalue weighted by molar-refractivity contribution is 6.30. The van der Waals surface area contributed by atoms with Gasteiger partial charge < -0.3 is 5.32 Å². The number of halogens is 1. The molecule has 1 N–H and O–H groups in total. The summed E-state index contributed by atoms with van der Waals surface area (Å²) in [6, 6.07) is 14.2. The maximum Gasteiger partial charge on any atom is 0.241 e. The van der Waals surface area contributed by atoms with Gasteiger partial charge in [-0.3, -0.25) is 14.5 Å². The number of carbonyl (C=O) groups excluding carboxylic acids is 2. The highest BCUT2D eigenvalue weighted by Gasteiger charge is 2.18. The van der Waals surface area contributed by atoms with Gasteiger partial charge in [0.05, 0.1) is 6.04 Å². The van der Waals surface area contributed by atoms with E-state index in [4.69, 9.17) is 11.6 Å². The summed E-state index contributed by atoms with van der Waals surface area (Å²) in [5.41, 5.74) is 2.24. The summed E-state index contributed by atoms with van der Waals surface area (Å²) in [6.07, 6.45) is 0. The highest BCUT2D eigenvalue weighted by Crippen LogP contribution is 2.15. The predicted octanol–water partition coefficient (Wildman–Crippen LogP) is 4.00. The minimum Gasteiger partial charge on any atom is -0.325 e. The van der Waals surface area contributed by atoms with Gasteiger partial charge in [0.1, 0.15) is 0 Å². The minimum absolute atomic E-state index is 0.0304. The third-order valence-electron chi connectivity index (χ3n) is 3.90. The van der Waals surface area contributed by atoms with Gasteiger partial charge in [0.25, 0.3) is 0 Å². The Bertz CT molecular complexity index is 746. The molecule has 2 aromatic rings. The van der Waals surface area contributed by atoms with Crippen molar-refractivity contribution < 1.29 is 9.59 Å². The maximum absolute atomic E-state index is 12.4. The Labute approximate surface area is 147 Å². The smallest absolute Gasteiger partial charge is 0.241 e. The Hall–Kier alpha value is -2.17. The zero-order valence-corrected chi connectivity index (χ0v) is 14.8. The molecule has 0 unspecified atom stereocenters. The number of nitrogens with one attached hydrogen (secondary N) is 1. The quantitative estimate of drug-likeness (QED) is 0.806. The standard InChI is InChI=1S/C19H21ClN2O2/c1-13(22(3)12-15-6-4-8-17(20)10-15)19(24)21-18-9-5-7-16(11-18)14(2)23/h4-11,13H,12H2,1-3H3,(H,21,24)/t13-/m1/s1. The number of nitrogens with zero attached hydrogens (tertiary/aromatic N) is 1. The second-order valence-corrected chi connectivity index (χ2v) is 6.28. The van der Waals surface area contributed by atoms with Crippen LogP contribution in [0.4, 0.5) is 5.69 Å². The van der Waals surface area contributed by atoms with Crippen molar-refractivity contribution in [3.05, 3.63) is 64.7 Å². The number of Topliss-reactive ketones (excluding diaryl/α,β-unsaturated/α-hetero) is 1. The molecule has 0 radical (unpaired) electrons. The van der Waals surface area contributed by atoms with Crippen LogP contribution < -0.4 is 5.32 Å². The SMILES string of the molecule is CC(=O)c1cccc(NC(=O)[C@@H](C)N(C)Cc2cccc(Cl)c2)c1. The predicted molar refractivity (Wildman–Crippen MR) is 97.5 cm³/mol. The molecule has 0 aliphatic carbocycles. The van der Waals surface area contributed by atoms with Gasteiger partial charge in [-0.2, -0.15) is 0 Å². The van der Waals surface area contributed by atoms with Crippen LogP contribution in [0, 0.1) is 0 Å². The number of rotatable bonds is 6. The van der Waals surface area contributed by atoms with Crippen LogP contribution in [0.2, 0.25) is 5.02 Å². The van der Waals surface area contributed by atoms with E-state index < -0.39 is 0 Å². The van der Waals surface area contributed by atoms with Gasteiger partial charge in [0.15, 0.2) is 5.78 Å². The second kappa shape index (κ2) is 8.08. The number of ketones is 1. The molecule has 5 heteroatoms.